The van der Waals surface area contributed by atoms with Gasteiger partial charge in [-0.25, -0.2) is 13.2 Å². The van der Waals surface area contributed by atoms with Gasteiger partial charge in [0.2, 0.25) is 5.88 Å². The van der Waals surface area contributed by atoms with E-state index >= 15 is 0 Å². The molecule has 0 bridgehead atoms. The predicted molar refractivity (Wildman–Crippen MR) is 46.2 cm³/mol. The van der Waals surface area contributed by atoms with Crippen molar-refractivity contribution < 1.29 is 17.7 Å². The average Bonchev–Trinajstić information content (AvgIpc) is 2.59. The summed E-state index contributed by atoms with van der Waals surface area (Å²) in [6.45, 7) is 0. The zero-order chi connectivity index (χ0) is 11.0. The van der Waals surface area contributed by atoms with E-state index in [1.807, 2.05) is 0 Å². The smallest absolute Gasteiger partial charge is 0.222 e. The summed E-state index contributed by atoms with van der Waals surface area (Å²) >= 11 is 0. The average molecular weight is 214 g/mol. The lowest BCUT2D eigenvalue weighted by Gasteiger charge is -2.00. The number of benzene rings is 1. The van der Waals surface area contributed by atoms with Crippen molar-refractivity contribution in [2.24, 2.45) is 0 Å². The SMILES string of the molecule is Nc1cc(-c2c(F)ccc(F)c2F)no1. The van der Waals surface area contributed by atoms with Gasteiger partial charge in [0.1, 0.15) is 11.5 Å². The fourth-order valence-corrected chi connectivity index (χ4v) is 1.17. The van der Waals surface area contributed by atoms with Crippen LogP contribution >= 0.6 is 0 Å². The van der Waals surface area contributed by atoms with E-state index in [0.29, 0.717) is 6.07 Å². The lowest BCUT2D eigenvalue weighted by Crippen LogP contribution is -1.94. The minimum absolute atomic E-state index is 0.104. The summed E-state index contributed by atoms with van der Waals surface area (Å²) in [6, 6.07) is 2.61. The summed E-state index contributed by atoms with van der Waals surface area (Å²) in [5, 5.41) is 3.30. The van der Waals surface area contributed by atoms with Gasteiger partial charge in [0.15, 0.2) is 11.6 Å². The van der Waals surface area contributed by atoms with Gasteiger partial charge in [0.05, 0.1) is 5.56 Å². The summed E-state index contributed by atoms with van der Waals surface area (Å²) in [7, 11) is 0. The number of hydrogen-bond acceptors (Lipinski definition) is 3. The van der Waals surface area contributed by atoms with E-state index in [2.05, 4.69) is 9.68 Å². The molecule has 78 valence electrons. The van der Waals surface area contributed by atoms with Crippen LogP contribution in [0.15, 0.2) is 22.7 Å². The molecule has 0 atom stereocenters. The van der Waals surface area contributed by atoms with E-state index in [4.69, 9.17) is 5.73 Å². The van der Waals surface area contributed by atoms with Gasteiger partial charge in [-0.15, -0.1) is 0 Å². The van der Waals surface area contributed by atoms with E-state index in [1.165, 1.54) is 0 Å². The van der Waals surface area contributed by atoms with Crippen LogP contribution in [0.5, 0.6) is 0 Å². The Balaban J connectivity index is 2.66. The van der Waals surface area contributed by atoms with Crippen LogP contribution in [0.3, 0.4) is 0 Å². The minimum atomic E-state index is -1.32. The Morgan fingerprint density at radius 1 is 1.13 bits per heavy atom. The Morgan fingerprint density at radius 2 is 1.80 bits per heavy atom. The minimum Gasteiger partial charge on any atom is -0.368 e. The summed E-state index contributed by atoms with van der Waals surface area (Å²) in [5.74, 6) is -3.51. The monoisotopic (exact) mass is 214 g/mol. The molecule has 0 saturated carbocycles. The van der Waals surface area contributed by atoms with Crippen molar-refractivity contribution in [2.75, 3.05) is 5.73 Å². The van der Waals surface area contributed by atoms with Crippen molar-refractivity contribution >= 4 is 5.88 Å². The maximum atomic E-state index is 13.2. The molecule has 1 heterocycles. The van der Waals surface area contributed by atoms with Gasteiger partial charge in [0, 0.05) is 6.07 Å². The summed E-state index contributed by atoms with van der Waals surface area (Å²) in [4.78, 5) is 0. The van der Waals surface area contributed by atoms with E-state index in [0.717, 1.165) is 12.1 Å². The van der Waals surface area contributed by atoms with Gasteiger partial charge in [-0.2, -0.15) is 0 Å². The molecule has 0 amide bonds. The molecule has 15 heavy (non-hydrogen) atoms. The molecule has 6 heteroatoms. The topological polar surface area (TPSA) is 52.0 Å². The number of rotatable bonds is 1. The third kappa shape index (κ3) is 1.54. The third-order valence-corrected chi connectivity index (χ3v) is 1.83. The molecular weight excluding hydrogens is 209 g/mol. The molecule has 0 unspecified atom stereocenters. The standard InChI is InChI=1S/C9H5F3N2O/c10-4-1-2-5(11)9(12)8(4)6-3-7(13)15-14-6/h1-3H,13H2. The molecule has 3 nitrogen and oxygen atoms in total. The molecule has 0 aliphatic heterocycles. The van der Waals surface area contributed by atoms with E-state index in [1.54, 1.807) is 0 Å². The quantitative estimate of drug-likeness (QED) is 0.741. The highest BCUT2D eigenvalue weighted by Crippen LogP contribution is 2.27. The van der Waals surface area contributed by atoms with Crippen LogP contribution in [-0.2, 0) is 0 Å². The van der Waals surface area contributed by atoms with E-state index in [-0.39, 0.29) is 11.6 Å². The van der Waals surface area contributed by atoms with Gasteiger partial charge in [-0.1, -0.05) is 5.16 Å². The molecule has 2 N–H and O–H groups in total. The highest BCUT2D eigenvalue weighted by Gasteiger charge is 2.18. The fourth-order valence-electron chi connectivity index (χ4n) is 1.17. The Labute approximate surface area is 82.3 Å². The number of hydrogen-bond donors (Lipinski definition) is 1. The summed E-state index contributed by atoms with van der Waals surface area (Å²) in [6.07, 6.45) is 0. The first-order valence-corrected chi connectivity index (χ1v) is 3.95. The highest BCUT2D eigenvalue weighted by molar-refractivity contribution is 5.62. The Kier molecular flexibility index (Phi) is 2.11. The molecule has 0 saturated heterocycles. The number of halogens is 3. The lowest BCUT2D eigenvalue weighted by molar-refractivity contribution is 0.436. The van der Waals surface area contributed by atoms with E-state index < -0.39 is 23.0 Å². The van der Waals surface area contributed by atoms with Gasteiger partial charge in [0.25, 0.3) is 0 Å². The molecule has 1 aromatic carbocycles. The van der Waals surface area contributed by atoms with Crippen LogP contribution in [0.25, 0.3) is 11.3 Å². The maximum absolute atomic E-state index is 13.2. The molecular formula is C9H5F3N2O. The molecule has 0 aliphatic carbocycles. The predicted octanol–water partition coefficient (Wildman–Crippen LogP) is 2.34. The van der Waals surface area contributed by atoms with Gasteiger partial charge in [-0.05, 0) is 12.1 Å². The van der Waals surface area contributed by atoms with Crippen LogP contribution in [0.2, 0.25) is 0 Å². The van der Waals surface area contributed by atoms with Crippen molar-refractivity contribution in [3.05, 3.63) is 35.7 Å². The molecule has 2 rings (SSSR count). The second-order valence-electron chi connectivity index (χ2n) is 2.83. The zero-order valence-corrected chi connectivity index (χ0v) is 7.30. The van der Waals surface area contributed by atoms with Crippen molar-refractivity contribution in [1.82, 2.24) is 5.16 Å². The number of nitrogens with zero attached hydrogens (tertiary/aromatic N) is 1. The van der Waals surface area contributed by atoms with Gasteiger partial charge in [-0.3, -0.25) is 0 Å². The van der Waals surface area contributed by atoms with Gasteiger partial charge >= 0.3 is 0 Å². The molecule has 0 fully saturated rings. The molecule has 0 radical (unpaired) electrons. The normalized spacial score (nSPS) is 10.6. The molecule has 2 aromatic rings. The van der Waals surface area contributed by atoms with Crippen molar-refractivity contribution in [2.45, 2.75) is 0 Å². The van der Waals surface area contributed by atoms with Crippen molar-refractivity contribution in [3.63, 3.8) is 0 Å². The Bertz CT molecular complexity index is 510. The van der Waals surface area contributed by atoms with Gasteiger partial charge < -0.3 is 10.3 Å². The summed E-state index contributed by atoms with van der Waals surface area (Å²) < 4.78 is 43.7. The first-order chi connectivity index (χ1) is 7.09. The van der Waals surface area contributed by atoms with Crippen LogP contribution < -0.4 is 5.73 Å². The number of nitrogen functional groups attached to an aromatic ring is 1. The number of anilines is 1. The fraction of sp³-hybridized carbons (Fsp3) is 0. The number of nitrogens with two attached hydrogens (primary N) is 1. The second kappa shape index (κ2) is 3.30. The second-order valence-corrected chi connectivity index (χ2v) is 2.83. The Hall–Kier alpha value is -1.98. The van der Waals surface area contributed by atoms with Crippen LogP contribution in [-0.4, -0.2) is 5.16 Å². The zero-order valence-electron chi connectivity index (χ0n) is 7.30. The number of aromatic nitrogens is 1. The lowest BCUT2D eigenvalue weighted by atomic mass is 10.1. The van der Waals surface area contributed by atoms with Crippen LogP contribution in [0.1, 0.15) is 0 Å². The first-order valence-electron chi connectivity index (χ1n) is 3.95. The summed E-state index contributed by atoms with van der Waals surface area (Å²) in [5.41, 5.74) is 4.42. The third-order valence-electron chi connectivity index (χ3n) is 1.83. The first kappa shape index (κ1) is 9.57. The largest absolute Gasteiger partial charge is 0.368 e. The van der Waals surface area contributed by atoms with Crippen LogP contribution in [0, 0.1) is 17.5 Å². The maximum Gasteiger partial charge on any atom is 0.222 e. The molecule has 1 aromatic heterocycles. The van der Waals surface area contributed by atoms with Crippen LogP contribution in [0.4, 0.5) is 19.1 Å². The molecule has 0 aliphatic rings. The Morgan fingerprint density at radius 3 is 2.40 bits per heavy atom. The van der Waals surface area contributed by atoms with Crippen molar-refractivity contribution in [3.8, 4) is 11.3 Å². The van der Waals surface area contributed by atoms with E-state index in [9.17, 15) is 13.2 Å². The molecule has 0 spiro atoms. The van der Waals surface area contributed by atoms with Crippen molar-refractivity contribution in [1.29, 1.82) is 0 Å². The highest BCUT2D eigenvalue weighted by atomic mass is 19.2.